The molecule has 0 saturated carbocycles. The smallest absolute Gasteiger partial charge is 0.286 e. The zero-order valence-corrected chi connectivity index (χ0v) is 20.9. The lowest BCUT2D eigenvalue weighted by molar-refractivity contribution is 0.894. The number of hydrogen-bond acceptors (Lipinski definition) is 5. The molecule has 0 amide bonds. The third-order valence-electron chi connectivity index (χ3n) is 6.26. The summed E-state index contributed by atoms with van der Waals surface area (Å²) in [6.45, 7) is 0. The summed E-state index contributed by atoms with van der Waals surface area (Å²) in [5.41, 5.74) is 4.71. The third-order valence-corrected chi connectivity index (χ3v) is 6.76. The van der Waals surface area contributed by atoms with Crippen LogP contribution in [0.5, 0.6) is 0 Å². The van der Waals surface area contributed by atoms with E-state index in [9.17, 15) is 4.79 Å². The zero-order valence-electron chi connectivity index (χ0n) is 19.3. The molecule has 0 fully saturated rings. The van der Waals surface area contributed by atoms with E-state index in [2.05, 4.69) is 20.9 Å². The maximum Gasteiger partial charge on any atom is 0.301 e. The summed E-state index contributed by atoms with van der Waals surface area (Å²) in [5, 5.41) is 0. The fraction of sp³-hybridized carbons (Fsp3) is 0. The van der Waals surface area contributed by atoms with Gasteiger partial charge in [-0.25, -0.2) is 14.5 Å². The van der Waals surface area contributed by atoms with Crippen LogP contribution in [0.3, 0.4) is 0 Å². The van der Waals surface area contributed by atoms with Gasteiger partial charge in [0.25, 0.3) is 0 Å². The first kappa shape index (κ1) is 21.6. The van der Waals surface area contributed by atoms with Crippen LogP contribution in [-0.4, -0.2) is 28.9 Å². The highest BCUT2D eigenvalue weighted by atomic mass is 79.9. The number of halogens is 1. The summed E-state index contributed by atoms with van der Waals surface area (Å²) >= 11 is 3.59. The highest BCUT2D eigenvalue weighted by Crippen LogP contribution is 2.27. The standard InChI is InChI=1S/C29H17BrN6O/c30-20-15-16-23-24(17-20)35-22-14-8-7-13-21(22)31-27(35)28(37)36(23)29-33-25(18-9-3-1-4-10-18)32-26(34-29)19-11-5-2-6-12-19/h1-17H. The number of imidazole rings is 1. The van der Waals surface area contributed by atoms with Gasteiger partial charge in [-0.05, 0) is 30.3 Å². The maximum atomic E-state index is 14.1. The van der Waals surface area contributed by atoms with Crippen LogP contribution in [0.2, 0.25) is 0 Å². The normalized spacial score (nSPS) is 11.5. The second kappa shape index (κ2) is 8.46. The predicted molar refractivity (Wildman–Crippen MR) is 148 cm³/mol. The van der Waals surface area contributed by atoms with Gasteiger partial charge in [0, 0.05) is 15.6 Å². The molecule has 0 saturated heterocycles. The zero-order chi connectivity index (χ0) is 24.9. The minimum Gasteiger partial charge on any atom is -0.286 e. The fourth-order valence-corrected chi connectivity index (χ4v) is 4.93. The summed E-state index contributed by atoms with van der Waals surface area (Å²) in [5.74, 6) is 1.20. The molecular weight excluding hydrogens is 528 g/mol. The van der Waals surface area contributed by atoms with Crippen LogP contribution in [0, 0.1) is 0 Å². The molecule has 0 aliphatic heterocycles. The predicted octanol–water partition coefficient (Wildman–Crippen LogP) is 6.07. The van der Waals surface area contributed by atoms with Crippen molar-refractivity contribution in [3.8, 4) is 28.7 Å². The highest BCUT2D eigenvalue weighted by molar-refractivity contribution is 9.10. The molecule has 7 nitrogen and oxygen atoms in total. The van der Waals surface area contributed by atoms with E-state index in [1.807, 2.05) is 108 Å². The van der Waals surface area contributed by atoms with Gasteiger partial charge in [-0.3, -0.25) is 9.20 Å². The van der Waals surface area contributed by atoms with E-state index in [1.165, 1.54) is 4.57 Å². The SMILES string of the molecule is O=c1c2nc3ccccc3n2c2cc(Br)ccc2n1-c1nc(-c2ccccc2)nc(-c2ccccc2)n1. The largest absolute Gasteiger partial charge is 0.301 e. The number of rotatable bonds is 3. The number of aromatic nitrogens is 6. The van der Waals surface area contributed by atoms with Gasteiger partial charge in [0.15, 0.2) is 11.6 Å². The number of para-hydroxylation sites is 2. The molecule has 0 aliphatic carbocycles. The quantitative estimate of drug-likeness (QED) is 0.269. The van der Waals surface area contributed by atoms with Crippen molar-refractivity contribution >= 4 is 43.6 Å². The van der Waals surface area contributed by atoms with E-state index < -0.39 is 0 Å². The van der Waals surface area contributed by atoms with Crippen molar-refractivity contribution in [2.24, 2.45) is 0 Å². The molecule has 176 valence electrons. The van der Waals surface area contributed by atoms with E-state index in [1.54, 1.807) is 0 Å². The highest BCUT2D eigenvalue weighted by Gasteiger charge is 2.20. The summed E-state index contributed by atoms with van der Waals surface area (Å²) in [6, 6.07) is 32.9. The molecule has 3 aromatic heterocycles. The molecule has 0 N–H and O–H groups in total. The van der Waals surface area contributed by atoms with Crippen LogP contribution in [0.1, 0.15) is 0 Å². The Hall–Kier alpha value is -4.69. The molecule has 0 radical (unpaired) electrons. The minimum absolute atomic E-state index is 0.236. The molecule has 0 unspecified atom stereocenters. The Morgan fingerprint density at radius 1 is 0.595 bits per heavy atom. The van der Waals surface area contributed by atoms with Crippen molar-refractivity contribution in [1.29, 1.82) is 0 Å². The Balaban J connectivity index is 1.62. The molecule has 8 heteroatoms. The van der Waals surface area contributed by atoms with Crippen LogP contribution < -0.4 is 5.56 Å². The van der Waals surface area contributed by atoms with Gasteiger partial charge in [-0.2, -0.15) is 9.97 Å². The maximum absolute atomic E-state index is 14.1. The van der Waals surface area contributed by atoms with Crippen LogP contribution in [0.4, 0.5) is 0 Å². The average molecular weight is 545 g/mol. The molecule has 0 spiro atoms. The summed E-state index contributed by atoms with van der Waals surface area (Å²) in [6.07, 6.45) is 0. The molecule has 0 bridgehead atoms. The Labute approximate surface area is 218 Å². The van der Waals surface area contributed by atoms with Crippen molar-refractivity contribution < 1.29 is 0 Å². The second-order valence-electron chi connectivity index (χ2n) is 8.55. The van der Waals surface area contributed by atoms with Crippen molar-refractivity contribution in [3.63, 3.8) is 0 Å². The molecule has 0 aliphatic rings. The summed E-state index contributed by atoms with van der Waals surface area (Å²) in [4.78, 5) is 33.1. The molecule has 0 atom stereocenters. The first-order chi connectivity index (χ1) is 18.2. The number of nitrogens with zero attached hydrogens (tertiary/aromatic N) is 6. The molecule has 7 rings (SSSR count). The first-order valence-electron chi connectivity index (χ1n) is 11.7. The lowest BCUT2D eigenvalue weighted by atomic mass is 10.2. The van der Waals surface area contributed by atoms with Crippen LogP contribution in [0.15, 0.2) is 112 Å². The van der Waals surface area contributed by atoms with Crippen LogP contribution in [0.25, 0.3) is 56.4 Å². The molecule has 3 heterocycles. The lowest BCUT2D eigenvalue weighted by Crippen LogP contribution is -2.24. The minimum atomic E-state index is -0.310. The molecule has 4 aromatic carbocycles. The average Bonchev–Trinajstić information content (AvgIpc) is 3.35. The Morgan fingerprint density at radius 3 is 1.89 bits per heavy atom. The monoisotopic (exact) mass is 544 g/mol. The molecule has 37 heavy (non-hydrogen) atoms. The number of benzene rings is 4. The Kier molecular flexibility index (Phi) is 4.93. The van der Waals surface area contributed by atoms with Gasteiger partial charge in [-0.1, -0.05) is 88.7 Å². The van der Waals surface area contributed by atoms with E-state index in [0.29, 0.717) is 22.8 Å². The van der Waals surface area contributed by atoms with Gasteiger partial charge in [-0.15, -0.1) is 0 Å². The first-order valence-corrected chi connectivity index (χ1v) is 12.5. The Morgan fingerprint density at radius 2 is 1.22 bits per heavy atom. The van der Waals surface area contributed by atoms with Gasteiger partial charge in [0.05, 0.1) is 22.1 Å². The summed E-state index contributed by atoms with van der Waals surface area (Å²) < 4.78 is 4.31. The van der Waals surface area contributed by atoms with Crippen LogP contribution >= 0.6 is 15.9 Å². The van der Waals surface area contributed by atoms with Crippen LogP contribution in [-0.2, 0) is 0 Å². The second-order valence-corrected chi connectivity index (χ2v) is 9.46. The Bertz CT molecular complexity index is 1960. The van der Waals surface area contributed by atoms with Gasteiger partial charge in [0.2, 0.25) is 11.6 Å². The van der Waals surface area contributed by atoms with Crippen molar-refractivity contribution in [3.05, 3.63) is 118 Å². The number of hydrogen-bond donors (Lipinski definition) is 0. The van der Waals surface area contributed by atoms with Gasteiger partial charge < -0.3 is 0 Å². The molecular formula is C29H17BrN6O. The van der Waals surface area contributed by atoms with Gasteiger partial charge >= 0.3 is 5.56 Å². The lowest BCUT2D eigenvalue weighted by Gasteiger charge is -2.13. The van der Waals surface area contributed by atoms with E-state index >= 15 is 0 Å². The van der Waals surface area contributed by atoms with Crippen molar-refractivity contribution in [1.82, 2.24) is 28.9 Å². The fourth-order valence-electron chi connectivity index (χ4n) is 4.58. The molecule has 7 aromatic rings. The van der Waals surface area contributed by atoms with Gasteiger partial charge in [0.1, 0.15) is 0 Å². The third kappa shape index (κ3) is 3.53. The topological polar surface area (TPSA) is 78.0 Å². The van der Waals surface area contributed by atoms with Crippen molar-refractivity contribution in [2.75, 3.05) is 0 Å². The van der Waals surface area contributed by atoms with E-state index in [4.69, 9.17) is 15.0 Å². The van der Waals surface area contributed by atoms with E-state index in [0.717, 1.165) is 32.1 Å². The number of fused-ring (bicyclic) bond motifs is 5. The van der Waals surface area contributed by atoms with E-state index in [-0.39, 0.29) is 11.5 Å². The van der Waals surface area contributed by atoms with Crippen molar-refractivity contribution in [2.45, 2.75) is 0 Å². The summed E-state index contributed by atoms with van der Waals surface area (Å²) in [7, 11) is 0.